The van der Waals surface area contributed by atoms with Gasteiger partial charge in [0.1, 0.15) is 0 Å². The van der Waals surface area contributed by atoms with E-state index in [4.69, 9.17) is 0 Å². The average molecular weight is 342 g/mol. The van der Waals surface area contributed by atoms with Gasteiger partial charge in [-0.25, -0.2) is 0 Å². The van der Waals surface area contributed by atoms with Gasteiger partial charge in [0, 0.05) is 16.4 Å². The monoisotopic (exact) mass is 341 g/mol. The van der Waals surface area contributed by atoms with Crippen LogP contribution in [0.4, 0.5) is 0 Å². The molecule has 130 valence electrons. The summed E-state index contributed by atoms with van der Waals surface area (Å²) in [7, 11) is 0. The summed E-state index contributed by atoms with van der Waals surface area (Å²) in [5, 5.41) is 0. The van der Waals surface area contributed by atoms with Crippen LogP contribution in [0.5, 0.6) is 0 Å². The van der Waals surface area contributed by atoms with Crippen molar-refractivity contribution in [2.24, 2.45) is 0 Å². The molecule has 0 aromatic rings. The SMILES string of the molecule is C=CC(/C=C\C)=C/C.C=CC1=C(C=C)N(CC)C(=C/C)/C(=C\C)S1. The molecule has 1 rings (SSSR count). The van der Waals surface area contributed by atoms with Gasteiger partial charge in [-0.1, -0.05) is 74.0 Å². The van der Waals surface area contributed by atoms with Crippen molar-refractivity contribution in [3.8, 4) is 0 Å². The van der Waals surface area contributed by atoms with Gasteiger partial charge in [0.25, 0.3) is 0 Å². The van der Waals surface area contributed by atoms with E-state index in [1.807, 2.05) is 50.3 Å². The van der Waals surface area contributed by atoms with Crippen LogP contribution in [-0.2, 0) is 0 Å². The largest absolute Gasteiger partial charge is 0.340 e. The number of rotatable bonds is 5. The standard InChI is InChI=1S/C14H19NS.C8H12/c1-6-11-13(8-3)16-14(9-4)12(7-2)15(11)10-5;1-4-7-8(5-2)6-3/h6-9H,1,3,10H2,2,4-5H3;4-7H,2H2,1,3H3/b12-7+,14-9+;7-4-,8-6-. The Morgan fingerprint density at radius 1 is 1.04 bits per heavy atom. The number of nitrogens with zero attached hydrogens (tertiary/aromatic N) is 1. The molecule has 0 aromatic heterocycles. The van der Waals surface area contributed by atoms with Crippen LogP contribution in [0, 0.1) is 0 Å². The number of allylic oxidation sites excluding steroid dienone is 9. The Hall–Kier alpha value is -1.93. The Labute approximate surface area is 153 Å². The molecule has 0 spiro atoms. The molecule has 1 aliphatic rings. The minimum absolute atomic E-state index is 0.941. The second-order valence-electron chi connectivity index (χ2n) is 4.82. The Morgan fingerprint density at radius 2 is 1.71 bits per heavy atom. The van der Waals surface area contributed by atoms with Crippen molar-refractivity contribution in [3.05, 3.63) is 95.1 Å². The van der Waals surface area contributed by atoms with E-state index in [1.165, 1.54) is 21.1 Å². The predicted molar refractivity (Wildman–Crippen MR) is 114 cm³/mol. The van der Waals surface area contributed by atoms with E-state index in [0.29, 0.717) is 0 Å². The molecule has 0 fully saturated rings. The van der Waals surface area contributed by atoms with Crippen LogP contribution < -0.4 is 0 Å². The molecule has 0 atom stereocenters. The van der Waals surface area contributed by atoms with E-state index < -0.39 is 0 Å². The van der Waals surface area contributed by atoms with Gasteiger partial charge in [-0.3, -0.25) is 0 Å². The predicted octanol–water partition coefficient (Wildman–Crippen LogP) is 7.14. The van der Waals surface area contributed by atoms with Crippen molar-refractivity contribution < 1.29 is 0 Å². The van der Waals surface area contributed by atoms with Crippen molar-refractivity contribution in [3.63, 3.8) is 0 Å². The van der Waals surface area contributed by atoms with E-state index in [0.717, 1.165) is 12.2 Å². The summed E-state index contributed by atoms with van der Waals surface area (Å²) < 4.78 is 0. The van der Waals surface area contributed by atoms with E-state index in [1.54, 1.807) is 11.8 Å². The molecule has 1 nitrogen and oxygen atoms in total. The molecule has 0 bridgehead atoms. The van der Waals surface area contributed by atoms with Crippen LogP contribution in [0.3, 0.4) is 0 Å². The van der Waals surface area contributed by atoms with E-state index in [9.17, 15) is 0 Å². The Bertz CT molecular complexity index is 597. The van der Waals surface area contributed by atoms with Crippen molar-refractivity contribution in [2.75, 3.05) is 6.54 Å². The van der Waals surface area contributed by atoms with Crippen molar-refractivity contribution >= 4 is 11.8 Å². The lowest BCUT2D eigenvalue weighted by Gasteiger charge is -2.34. The van der Waals surface area contributed by atoms with Crippen LogP contribution in [0.25, 0.3) is 0 Å². The summed E-state index contributed by atoms with van der Waals surface area (Å²) in [5.74, 6) is 0. The highest BCUT2D eigenvalue weighted by Crippen LogP contribution is 2.42. The fourth-order valence-electron chi connectivity index (χ4n) is 2.30. The normalized spacial score (nSPS) is 18.7. The molecule has 24 heavy (non-hydrogen) atoms. The van der Waals surface area contributed by atoms with Crippen molar-refractivity contribution in [2.45, 2.75) is 34.6 Å². The van der Waals surface area contributed by atoms with Crippen molar-refractivity contribution in [1.29, 1.82) is 0 Å². The van der Waals surface area contributed by atoms with Gasteiger partial charge in [-0.2, -0.15) is 0 Å². The summed E-state index contributed by atoms with van der Waals surface area (Å²) in [5.41, 5.74) is 3.59. The molecule has 0 N–H and O–H groups in total. The highest BCUT2D eigenvalue weighted by Gasteiger charge is 2.23. The van der Waals surface area contributed by atoms with Gasteiger partial charge < -0.3 is 4.90 Å². The molecule has 0 aromatic carbocycles. The Balaban J connectivity index is 0.000000561. The third-order valence-electron chi connectivity index (χ3n) is 3.47. The van der Waals surface area contributed by atoms with E-state index in [-0.39, 0.29) is 0 Å². The molecule has 0 amide bonds. The third kappa shape index (κ3) is 5.93. The summed E-state index contributed by atoms with van der Waals surface area (Å²) in [6.07, 6.45) is 16.0. The Kier molecular flexibility index (Phi) is 11.5. The lowest BCUT2D eigenvalue weighted by atomic mass is 10.2. The first kappa shape index (κ1) is 22.1. The second-order valence-corrected chi connectivity index (χ2v) is 5.91. The molecule has 0 saturated heterocycles. The summed E-state index contributed by atoms with van der Waals surface area (Å²) in [6.45, 7) is 22.6. The van der Waals surface area contributed by atoms with Crippen molar-refractivity contribution in [1.82, 2.24) is 4.90 Å². The summed E-state index contributed by atoms with van der Waals surface area (Å²) >= 11 is 1.76. The summed E-state index contributed by atoms with van der Waals surface area (Å²) in [6, 6.07) is 0. The minimum Gasteiger partial charge on any atom is -0.340 e. The number of thioether (sulfide) groups is 1. The Morgan fingerprint density at radius 3 is 2.00 bits per heavy atom. The van der Waals surface area contributed by atoms with Crippen LogP contribution in [0.2, 0.25) is 0 Å². The maximum Gasteiger partial charge on any atom is 0.0546 e. The number of likely N-dealkylation sites (N-methyl/N-ethyl adjacent to an activating group) is 1. The van der Waals surface area contributed by atoms with E-state index >= 15 is 0 Å². The topological polar surface area (TPSA) is 3.24 Å². The zero-order chi connectivity index (χ0) is 18.5. The quantitative estimate of drug-likeness (QED) is 0.489. The molecule has 0 radical (unpaired) electrons. The molecular formula is C22H31NS. The summed E-state index contributed by atoms with van der Waals surface area (Å²) in [4.78, 5) is 4.73. The molecule has 0 aliphatic carbocycles. The molecule has 0 unspecified atom stereocenters. The molecule has 1 aliphatic heterocycles. The lowest BCUT2D eigenvalue weighted by Crippen LogP contribution is -2.25. The highest BCUT2D eigenvalue weighted by atomic mass is 32.2. The number of hydrogen-bond acceptors (Lipinski definition) is 2. The van der Waals surface area contributed by atoms with E-state index in [2.05, 4.69) is 57.6 Å². The lowest BCUT2D eigenvalue weighted by molar-refractivity contribution is 0.472. The van der Waals surface area contributed by atoms with Crippen LogP contribution in [0.15, 0.2) is 95.1 Å². The first-order valence-corrected chi connectivity index (χ1v) is 9.08. The molecule has 0 saturated carbocycles. The average Bonchev–Trinajstić information content (AvgIpc) is 2.64. The molecule has 1 heterocycles. The fraction of sp³-hybridized carbons (Fsp3) is 0.273. The third-order valence-corrected chi connectivity index (χ3v) is 4.73. The smallest absolute Gasteiger partial charge is 0.0546 e. The maximum absolute atomic E-state index is 3.89. The second kappa shape index (κ2) is 12.5. The van der Waals surface area contributed by atoms with Gasteiger partial charge in [0.2, 0.25) is 0 Å². The molecule has 2 heteroatoms. The maximum atomic E-state index is 3.89. The number of hydrogen-bond donors (Lipinski definition) is 0. The van der Waals surface area contributed by atoms with Crippen LogP contribution in [0.1, 0.15) is 34.6 Å². The molecular weight excluding hydrogens is 310 g/mol. The van der Waals surface area contributed by atoms with Gasteiger partial charge >= 0.3 is 0 Å². The highest BCUT2D eigenvalue weighted by molar-refractivity contribution is 8.07. The first-order valence-electron chi connectivity index (χ1n) is 8.27. The first-order chi connectivity index (χ1) is 11.6. The minimum atomic E-state index is 0.941. The zero-order valence-corrected chi connectivity index (χ0v) is 16.6. The van der Waals surface area contributed by atoms with Crippen LogP contribution in [-0.4, -0.2) is 11.4 Å². The van der Waals surface area contributed by atoms with Gasteiger partial charge in [-0.05, 0) is 46.3 Å². The fourth-order valence-corrected chi connectivity index (χ4v) is 3.36. The van der Waals surface area contributed by atoms with Gasteiger partial charge in [-0.15, -0.1) is 0 Å². The van der Waals surface area contributed by atoms with Crippen LogP contribution >= 0.6 is 11.8 Å². The van der Waals surface area contributed by atoms with Gasteiger partial charge in [0.15, 0.2) is 0 Å². The van der Waals surface area contributed by atoms with Gasteiger partial charge in [0.05, 0.1) is 11.4 Å². The zero-order valence-electron chi connectivity index (χ0n) is 15.8.